The standard InChI is InChI=1S/C16H19N2O3.HI/c1-18(2,3)17-11-13-9-10-14(21-13)16(20)15(19)12-7-5-4-6-8-12;/h4-11,15,19H,1-3H3;1H/q+1;/p-1/b17-11+;. The van der Waals surface area contributed by atoms with Gasteiger partial charge in [0.1, 0.15) is 12.3 Å². The number of carbonyl (C=O) groups excluding carboxylic acids is 1. The molecule has 1 heterocycles. The van der Waals surface area contributed by atoms with Crippen LogP contribution in [-0.2, 0) is 0 Å². The summed E-state index contributed by atoms with van der Waals surface area (Å²) in [4.78, 5) is 12.2. The fourth-order valence-corrected chi connectivity index (χ4v) is 1.71. The SMILES string of the molecule is C[N+](C)(C)/N=C/c1ccc(C(=O)C(O)c2ccccc2)o1.[I-]. The fraction of sp³-hybridized carbons (Fsp3) is 0.250. The van der Waals surface area contributed by atoms with Crippen molar-refractivity contribution in [2.75, 3.05) is 21.1 Å². The van der Waals surface area contributed by atoms with Crippen LogP contribution in [0.1, 0.15) is 28.0 Å². The lowest BCUT2D eigenvalue weighted by atomic mass is 10.0. The van der Waals surface area contributed by atoms with Crippen LogP contribution in [0, 0.1) is 0 Å². The molecule has 0 saturated carbocycles. The molecule has 6 heteroatoms. The first-order valence-corrected chi connectivity index (χ1v) is 6.61. The molecule has 22 heavy (non-hydrogen) atoms. The lowest BCUT2D eigenvalue weighted by Crippen LogP contribution is -3.00. The molecule has 0 saturated heterocycles. The molecule has 5 nitrogen and oxygen atoms in total. The van der Waals surface area contributed by atoms with Gasteiger partial charge in [-0.25, -0.2) is 4.59 Å². The molecule has 0 fully saturated rings. The Morgan fingerprint density at radius 1 is 1.18 bits per heavy atom. The van der Waals surface area contributed by atoms with E-state index in [0.717, 1.165) is 0 Å². The van der Waals surface area contributed by atoms with Gasteiger partial charge >= 0.3 is 0 Å². The van der Waals surface area contributed by atoms with Crippen LogP contribution in [0.15, 0.2) is 52.0 Å². The first kappa shape index (κ1) is 18.5. The van der Waals surface area contributed by atoms with Gasteiger partial charge in [0, 0.05) is 0 Å². The number of ketones is 1. The molecular weight excluding hydrogens is 395 g/mol. The van der Waals surface area contributed by atoms with Crippen LogP contribution in [0.2, 0.25) is 0 Å². The van der Waals surface area contributed by atoms with Crippen molar-refractivity contribution in [3.05, 3.63) is 59.5 Å². The molecule has 0 bridgehead atoms. The van der Waals surface area contributed by atoms with Gasteiger partial charge in [0.25, 0.3) is 0 Å². The Kier molecular flexibility index (Phi) is 6.46. The van der Waals surface area contributed by atoms with Crippen molar-refractivity contribution >= 4 is 12.0 Å². The van der Waals surface area contributed by atoms with Gasteiger partial charge in [-0.3, -0.25) is 4.79 Å². The molecule has 0 aliphatic heterocycles. The van der Waals surface area contributed by atoms with E-state index in [0.29, 0.717) is 15.9 Å². The molecule has 1 aromatic heterocycles. The summed E-state index contributed by atoms with van der Waals surface area (Å²) < 4.78 is 5.81. The van der Waals surface area contributed by atoms with Gasteiger partial charge in [0.15, 0.2) is 11.5 Å². The number of hydrogen-bond acceptors (Lipinski definition) is 4. The normalized spacial score (nSPS) is 12.9. The van der Waals surface area contributed by atoms with E-state index in [-0.39, 0.29) is 29.7 Å². The summed E-state index contributed by atoms with van der Waals surface area (Å²) in [7, 11) is 5.72. The predicted molar refractivity (Wildman–Crippen MR) is 80.1 cm³/mol. The van der Waals surface area contributed by atoms with Crippen molar-refractivity contribution in [2.45, 2.75) is 6.10 Å². The molecule has 1 N–H and O–H groups in total. The molecule has 0 radical (unpaired) electrons. The maximum absolute atomic E-state index is 12.2. The van der Waals surface area contributed by atoms with E-state index in [9.17, 15) is 9.90 Å². The highest BCUT2D eigenvalue weighted by atomic mass is 127. The first-order valence-electron chi connectivity index (χ1n) is 6.61. The van der Waals surface area contributed by atoms with E-state index in [2.05, 4.69) is 5.10 Å². The predicted octanol–water partition coefficient (Wildman–Crippen LogP) is -0.760. The summed E-state index contributed by atoms with van der Waals surface area (Å²) in [5.41, 5.74) is 0.542. The number of carbonyl (C=O) groups is 1. The van der Waals surface area contributed by atoms with Gasteiger partial charge in [0.05, 0.1) is 21.1 Å². The van der Waals surface area contributed by atoms with Crippen LogP contribution in [0.3, 0.4) is 0 Å². The van der Waals surface area contributed by atoms with Crippen LogP contribution in [-0.4, -0.2) is 42.8 Å². The van der Waals surface area contributed by atoms with Crippen molar-refractivity contribution in [3.63, 3.8) is 0 Å². The quantitative estimate of drug-likeness (QED) is 0.230. The average molecular weight is 414 g/mol. The molecule has 1 atom stereocenters. The molecule has 1 unspecified atom stereocenters. The Balaban J connectivity index is 0.00000242. The van der Waals surface area contributed by atoms with E-state index >= 15 is 0 Å². The Hall–Kier alpha value is -1.51. The second-order valence-corrected chi connectivity index (χ2v) is 5.57. The molecule has 1 aromatic carbocycles. The Labute approximate surface area is 146 Å². The van der Waals surface area contributed by atoms with Gasteiger partial charge in [-0.05, 0) is 17.7 Å². The van der Waals surface area contributed by atoms with Crippen molar-refractivity contribution in [1.82, 2.24) is 0 Å². The van der Waals surface area contributed by atoms with Crippen LogP contribution in [0.25, 0.3) is 0 Å². The van der Waals surface area contributed by atoms with Crippen molar-refractivity contribution in [2.24, 2.45) is 5.10 Å². The second kappa shape index (κ2) is 7.66. The number of halogens is 1. The Bertz CT molecular complexity index is 645. The summed E-state index contributed by atoms with van der Waals surface area (Å²) in [5.74, 6) is 0.131. The summed E-state index contributed by atoms with van der Waals surface area (Å²) in [6.45, 7) is 0. The molecule has 0 aliphatic rings. The lowest BCUT2D eigenvalue weighted by Gasteiger charge is -2.13. The van der Waals surface area contributed by atoms with E-state index in [1.807, 2.05) is 27.2 Å². The highest BCUT2D eigenvalue weighted by Crippen LogP contribution is 2.19. The molecular formula is C16H19IN2O3. The minimum absolute atomic E-state index is 0. The number of Topliss-reactive ketones (excluding diaryl/α,β-unsaturated/α-hetero) is 1. The number of hydrogen-bond donors (Lipinski definition) is 1. The van der Waals surface area contributed by atoms with E-state index < -0.39 is 11.9 Å². The number of aliphatic hydroxyl groups excluding tert-OH is 1. The van der Waals surface area contributed by atoms with E-state index in [1.54, 1.807) is 42.6 Å². The molecule has 118 valence electrons. The summed E-state index contributed by atoms with van der Waals surface area (Å²) >= 11 is 0. The monoisotopic (exact) mass is 414 g/mol. The fourth-order valence-electron chi connectivity index (χ4n) is 1.71. The number of aliphatic hydroxyl groups is 1. The molecule has 2 aromatic rings. The van der Waals surface area contributed by atoms with Crippen LogP contribution in [0.4, 0.5) is 0 Å². The largest absolute Gasteiger partial charge is 1.00 e. The highest BCUT2D eigenvalue weighted by molar-refractivity contribution is 5.98. The Morgan fingerprint density at radius 3 is 2.41 bits per heavy atom. The highest BCUT2D eigenvalue weighted by Gasteiger charge is 2.22. The number of benzene rings is 1. The number of quaternary nitrogens is 1. The first-order chi connectivity index (χ1) is 9.87. The minimum atomic E-state index is -1.22. The third-order valence-electron chi connectivity index (χ3n) is 2.76. The van der Waals surface area contributed by atoms with E-state index in [4.69, 9.17) is 4.42 Å². The second-order valence-electron chi connectivity index (χ2n) is 5.57. The smallest absolute Gasteiger partial charge is 0.230 e. The maximum atomic E-state index is 12.2. The van der Waals surface area contributed by atoms with Gasteiger partial charge < -0.3 is 33.5 Å². The molecule has 2 rings (SSSR count). The van der Waals surface area contributed by atoms with Gasteiger partial charge in [-0.2, -0.15) is 0 Å². The van der Waals surface area contributed by atoms with Crippen molar-refractivity contribution < 1.29 is 42.9 Å². The van der Waals surface area contributed by atoms with Gasteiger partial charge in [0.2, 0.25) is 5.78 Å². The lowest BCUT2D eigenvalue weighted by molar-refractivity contribution is -0.876. The third-order valence-corrected chi connectivity index (χ3v) is 2.76. The zero-order valence-corrected chi connectivity index (χ0v) is 14.9. The summed E-state index contributed by atoms with van der Waals surface area (Å²) in [6.07, 6.45) is 0.339. The topological polar surface area (TPSA) is 62.8 Å². The van der Waals surface area contributed by atoms with Crippen LogP contribution >= 0.6 is 0 Å². The van der Waals surface area contributed by atoms with Gasteiger partial charge in [-0.15, -0.1) is 0 Å². The molecule has 0 amide bonds. The van der Waals surface area contributed by atoms with Crippen LogP contribution < -0.4 is 24.0 Å². The van der Waals surface area contributed by atoms with Crippen molar-refractivity contribution in [1.29, 1.82) is 0 Å². The zero-order chi connectivity index (χ0) is 15.5. The minimum Gasteiger partial charge on any atom is -1.00 e. The molecule has 0 aliphatic carbocycles. The summed E-state index contributed by atoms with van der Waals surface area (Å²) in [5, 5.41) is 14.3. The Morgan fingerprint density at radius 2 is 1.82 bits per heavy atom. The number of nitrogens with zero attached hydrogens (tertiary/aromatic N) is 2. The molecule has 0 spiro atoms. The number of furan rings is 1. The van der Waals surface area contributed by atoms with Crippen molar-refractivity contribution in [3.8, 4) is 0 Å². The number of rotatable bonds is 5. The van der Waals surface area contributed by atoms with Gasteiger partial charge in [-0.1, -0.05) is 35.4 Å². The van der Waals surface area contributed by atoms with E-state index in [1.165, 1.54) is 0 Å². The maximum Gasteiger partial charge on any atom is 0.230 e. The average Bonchev–Trinajstić information content (AvgIpc) is 2.93. The van der Waals surface area contributed by atoms with Crippen LogP contribution in [0.5, 0.6) is 0 Å². The third kappa shape index (κ3) is 5.04. The summed E-state index contributed by atoms with van der Waals surface area (Å²) in [6, 6.07) is 12.0. The zero-order valence-electron chi connectivity index (χ0n) is 12.7.